The van der Waals surface area contributed by atoms with Gasteiger partial charge in [-0.25, -0.2) is 0 Å². The number of aromatic nitrogens is 1. The Kier molecular flexibility index (Phi) is 4.36. The fourth-order valence-corrected chi connectivity index (χ4v) is 3.12. The van der Waals surface area contributed by atoms with E-state index in [2.05, 4.69) is 15.6 Å². The number of anilines is 2. The normalized spacial score (nSPS) is 13.4. The van der Waals surface area contributed by atoms with Crippen LogP contribution in [-0.4, -0.2) is 16.8 Å². The molecule has 0 radical (unpaired) electrons. The van der Waals surface area contributed by atoms with Crippen LogP contribution in [-0.2, 0) is 4.79 Å². The third-order valence-corrected chi connectivity index (χ3v) is 4.67. The molecule has 1 fully saturated rings. The zero-order valence-corrected chi connectivity index (χ0v) is 15.4. The number of amides is 2. The number of benzene rings is 2. The van der Waals surface area contributed by atoms with Crippen molar-refractivity contribution in [2.45, 2.75) is 26.7 Å². The van der Waals surface area contributed by atoms with Gasteiger partial charge in [-0.3, -0.25) is 14.6 Å². The van der Waals surface area contributed by atoms with Crippen LogP contribution in [0.4, 0.5) is 11.4 Å². The van der Waals surface area contributed by atoms with E-state index in [0.717, 1.165) is 35.0 Å². The third-order valence-electron chi connectivity index (χ3n) is 4.67. The van der Waals surface area contributed by atoms with Crippen molar-refractivity contribution < 1.29 is 9.59 Å². The van der Waals surface area contributed by atoms with E-state index in [1.54, 1.807) is 12.1 Å². The molecule has 4 rings (SSSR count). The largest absolute Gasteiger partial charge is 0.326 e. The molecule has 1 saturated carbocycles. The lowest BCUT2D eigenvalue weighted by Gasteiger charge is -2.11. The van der Waals surface area contributed by atoms with Gasteiger partial charge in [-0.05, 0) is 63.1 Å². The first-order valence-corrected chi connectivity index (χ1v) is 9.10. The highest BCUT2D eigenvalue weighted by molar-refractivity contribution is 6.12. The maximum Gasteiger partial charge on any atom is 0.256 e. The summed E-state index contributed by atoms with van der Waals surface area (Å²) in [5.74, 6) is -0.0101. The maximum absolute atomic E-state index is 12.9. The second-order valence-corrected chi connectivity index (χ2v) is 7.13. The summed E-state index contributed by atoms with van der Waals surface area (Å²) in [5.41, 5.74) is 4.60. The molecular formula is C22H21N3O2. The van der Waals surface area contributed by atoms with Crippen molar-refractivity contribution in [3.63, 3.8) is 0 Å². The minimum absolute atomic E-state index is 0.0460. The minimum atomic E-state index is -0.193. The van der Waals surface area contributed by atoms with Crippen molar-refractivity contribution in [1.82, 2.24) is 4.98 Å². The summed E-state index contributed by atoms with van der Waals surface area (Å²) in [4.78, 5) is 29.4. The van der Waals surface area contributed by atoms with Crippen molar-refractivity contribution in [3.8, 4) is 0 Å². The first kappa shape index (κ1) is 17.2. The number of hydrogen-bond donors (Lipinski definition) is 2. The number of aryl methyl sites for hydroxylation is 2. The summed E-state index contributed by atoms with van der Waals surface area (Å²) in [5, 5.41) is 6.67. The van der Waals surface area contributed by atoms with Crippen LogP contribution in [0.1, 0.15) is 34.5 Å². The molecule has 0 unspecified atom stereocenters. The highest BCUT2D eigenvalue weighted by atomic mass is 16.2. The van der Waals surface area contributed by atoms with Crippen LogP contribution in [0.5, 0.6) is 0 Å². The molecule has 0 aliphatic heterocycles. The number of nitrogens with zero attached hydrogens (tertiary/aromatic N) is 1. The number of rotatable bonds is 4. The Labute approximate surface area is 157 Å². The fraction of sp³-hybridized carbons (Fsp3) is 0.227. The van der Waals surface area contributed by atoms with Crippen molar-refractivity contribution in [2.75, 3.05) is 10.6 Å². The first-order chi connectivity index (χ1) is 13.0. The van der Waals surface area contributed by atoms with Gasteiger partial charge < -0.3 is 10.6 Å². The van der Waals surface area contributed by atoms with Crippen LogP contribution in [0.3, 0.4) is 0 Å². The molecule has 0 spiro atoms. The molecule has 2 aromatic carbocycles. The van der Waals surface area contributed by atoms with Crippen molar-refractivity contribution >= 4 is 34.1 Å². The lowest BCUT2D eigenvalue weighted by atomic mass is 10.0. The van der Waals surface area contributed by atoms with Gasteiger partial charge in [0.1, 0.15) is 0 Å². The monoisotopic (exact) mass is 359 g/mol. The molecule has 1 aliphatic carbocycles. The molecule has 0 saturated heterocycles. The van der Waals surface area contributed by atoms with Gasteiger partial charge in [0.05, 0.1) is 11.1 Å². The molecule has 27 heavy (non-hydrogen) atoms. The average Bonchev–Trinajstić information content (AvgIpc) is 3.47. The smallest absolute Gasteiger partial charge is 0.256 e. The summed E-state index contributed by atoms with van der Waals surface area (Å²) in [6, 6.07) is 14.9. The summed E-state index contributed by atoms with van der Waals surface area (Å²) in [6.45, 7) is 3.87. The van der Waals surface area contributed by atoms with E-state index in [-0.39, 0.29) is 17.7 Å². The van der Waals surface area contributed by atoms with Crippen LogP contribution in [0.25, 0.3) is 10.9 Å². The van der Waals surface area contributed by atoms with Gasteiger partial charge in [-0.15, -0.1) is 0 Å². The van der Waals surface area contributed by atoms with E-state index in [9.17, 15) is 9.59 Å². The van der Waals surface area contributed by atoms with E-state index >= 15 is 0 Å². The Balaban J connectivity index is 1.60. The fourth-order valence-electron chi connectivity index (χ4n) is 3.12. The van der Waals surface area contributed by atoms with E-state index < -0.39 is 0 Å². The quantitative estimate of drug-likeness (QED) is 0.723. The van der Waals surface area contributed by atoms with Crippen molar-refractivity contribution in [1.29, 1.82) is 0 Å². The Morgan fingerprint density at radius 1 is 0.963 bits per heavy atom. The van der Waals surface area contributed by atoms with Gasteiger partial charge in [-0.1, -0.05) is 17.7 Å². The Hall–Kier alpha value is -3.21. The number of nitrogens with one attached hydrogen (secondary N) is 2. The number of carbonyl (C=O) groups excluding carboxylic acids is 2. The molecule has 1 heterocycles. The van der Waals surface area contributed by atoms with Crippen LogP contribution >= 0.6 is 0 Å². The van der Waals surface area contributed by atoms with E-state index in [4.69, 9.17) is 0 Å². The topological polar surface area (TPSA) is 71.1 Å². The summed E-state index contributed by atoms with van der Waals surface area (Å²) in [7, 11) is 0. The Bertz CT molecular complexity index is 1050. The standard InChI is InChI=1S/C22H21N3O2/c1-13-6-9-20-18(10-13)19(11-14(2)23-20)22(27)25-17-5-3-4-16(12-17)24-21(26)15-7-8-15/h3-6,9-12,15H,7-8H2,1-2H3,(H,24,26)(H,25,27). The first-order valence-electron chi connectivity index (χ1n) is 9.10. The average molecular weight is 359 g/mol. The van der Waals surface area contributed by atoms with Gasteiger partial charge in [0, 0.05) is 28.4 Å². The van der Waals surface area contributed by atoms with E-state index in [0.29, 0.717) is 16.9 Å². The third kappa shape index (κ3) is 3.82. The number of carbonyl (C=O) groups is 2. The van der Waals surface area contributed by atoms with Crippen LogP contribution < -0.4 is 10.6 Å². The van der Waals surface area contributed by atoms with Crippen LogP contribution in [0.15, 0.2) is 48.5 Å². The zero-order chi connectivity index (χ0) is 19.0. The number of hydrogen-bond acceptors (Lipinski definition) is 3. The SMILES string of the molecule is Cc1ccc2nc(C)cc(C(=O)Nc3cccc(NC(=O)C4CC4)c3)c2c1. The second kappa shape index (κ2) is 6.83. The van der Waals surface area contributed by atoms with Gasteiger partial charge in [0.2, 0.25) is 5.91 Å². The lowest BCUT2D eigenvalue weighted by molar-refractivity contribution is -0.117. The van der Waals surface area contributed by atoms with E-state index in [1.165, 1.54) is 0 Å². The molecule has 5 heteroatoms. The molecule has 3 aromatic rings. The van der Waals surface area contributed by atoms with Gasteiger partial charge in [-0.2, -0.15) is 0 Å². The predicted octanol–water partition coefficient (Wildman–Crippen LogP) is 4.45. The summed E-state index contributed by atoms with van der Waals surface area (Å²) >= 11 is 0. The predicted molar refractivity (Wildman–Crippen MR) is 107 cm³/mol. The summed E-state index contributed by atoms with van der Waals surface area (Å²) in [6.07, 6.45) is 1.91. The van der Waals surface area contributed by atoms with Gasteiger partial charge in [0.15, 0.2) is 0 Å². The minimum Gasteiger partial charge on any atom is -0.326 e. The van der Waals surface area contributed by atoms with Gasteiger partial charge in [0.25, 0.3) is 5.91 Å². The number of pyridine rings is 1. The maximum atomic E-state index is 12.9. The Morgan fingerprint density at radius 3 is 2.44 bits per heavy atom. The molecular weight excluding hydrogens is 338 g/mol. The second-order valence-electron chi connectivity index (χ2n) is 7.13. The molecule has 0 atom stereocenters. The number of fused-ring (bicyclic) bond motifs is 1. The molecule has 5 nitrogen and oxygen atoms in total. The van der Waals surface area contributed by atoms with Crippen molar-refractivity contribution in [3.05, 3.63) is 65.4 Å². The molecule has 2 amide bonds. The Morgan fingerprint density at radius 2 is 1.70 bits per heavy atom. The molecule has 2 N–H and O–H groups in total. The molecule has 0 bridgehead atoms. The van der Waals surface area contributed by atoms with Gasteiger partial charge >= 0.3 is 0 Å². The lowest BCUT2D eigenvalue weighted by Crippen LogP contribution is -2.15. The molecule has 1 aliphatic rings. The summed E-state index contributed by atoms with van der Waals surface area (Å²) < 4.78 is 0. The highest BCUT2D eigenvalue weighted by Gasteiger charge is 2.29. The van der Waals surface area contributed by atoms with Crippen LogP contribution in [0.2, 0.25) is 0 Å². The van der Waals surface area contributed by atoms with E-state index in [1.807, 2.05) is 50.2 Å². The molecule has 1 aromatic heterocycles. The highest BCUT2D eigenvalue weighted by Crippen LogP contribution is 2.30. The van der Waals surface area contributed by atoms with Crippen LogP contribution in [0, 0.1) is 19.8 Å². The van der Waals surface area contributed by atoms with Crippen molar-refractivity contribution in [2.24, 2.45) is 5.92 Å². The molecule has 136 valence electrons. The zero-order valence-electron chi connectivity index (χ0n) is 15.4.